The van der Waals surface area contributed by atoms with Gasteiger partial charge in [-0.1, -0.05) is 26.2 Å². The van der Waals surface area contributed by atoms with E-state index in [1.807, 2.05) is 7.11 Å². The number of ether oxygens (including phenoxy) is 1. The molecule has 1 N–H and O–H groups in total. The zero-order valence-corrected chi connectivity index (χ0v) is 13.1. The molecule has 3 nitrogen and oxygen atoms in total. The lowest BCUT2D eigenvalue weighted by atomic mass is 9.90. The second-order valence-electron chi connectivity index (χ2n) is 6.61. The van der Waals surface area contributed by atoms with Crippen LogP contribution in [0.25, 0.3) is 0 Å². The van der Waals surface area contributed by atoms with Gasteiger partial charge in [-0.05, 0) is 32.6 Å². The molecule has 3 heteroatoms. The Labute approximate surface area is 119 Å². The molecule has 1 spiro atoms. The topological polar surface area (TPSA) is 24.5 Å². The fourth-order valence-corrected chi connectivity index (χ4v) is 3.94. The Morgan fingerprint density at radius 3 is 2.74 bits per heavy atom. The third-order valence-corrected chi connectivity index (χ3v) is 5.16. The summed E-state index contributed by atoms with van der Waals surface area (Å²) in [4.78, 5) is 2.78. The third-order valence-electron chi connectivity index (χ3n) is 5.16. The van der Waals surface area contributed by atoms with Crippen molar-refractivity contribution in [3.05, 3.63) is 0 Å². The molecular formula is C16H32N2O. The van der Waals surface area contributed by atoms with Gasteiger partial charge in [-0.2, -0.15) is 0 Å². The van der Waals surface area contributed by atoms with Crippen molar-refractivity contribution in [2.45, 2.75) is 76.4 Å². The Bertz CT molecular complexity index is 263. The molecule has 0 radical (unpaired) electrons. The van der Waals surface area contributed by atoms with Crippen LogP contribution in [-0.2, 0) is 4.74 Å². The molecule has 1 aliphatic heterocycles. The molecule has 2 rings (SSSR count). The summed E-state index contributed by atoms with van der Waals surface area (Å²) in [7, 11) is 1.81. The molecule has 0 aromatic carbocycles. The molecule has 1 saturated heterocycles. The van der Waals surface area contributed by atoms with E-state index in [0.29, 0.717) is 11.6 Å². The number of nitrogens with one attached hydrogen (secondary N) is 1. The Morgan fingerprint density at radius 2 is 2.11 bits per heavy atom. The van der Waals surface area contributed by atoms with Crippen LogP contribution in [0.3, 0.4) is 0 Å². The summed E-state index contributed by atoms with van der Waals surface area (Å²) in [6, 6.07) is 1.37. The van der Waals surface area contributed by atoms with Crippen molar-refractivity contribution >= 4 is 0 Å². The average Bonchev–Trinajstić information content (AvgIpc) is 2.87. The summed E-state index contributed by atoms with van der Waals surface area (Å²) >= 11 is 0. The van der Waals surface area contributed by atoms with Crippen LogP contribution < -0.4 is 5.32 Å². The number of hydrogen-bond acceptors (Lipinski definition) is 3. The minimum Gasteiger partial charge on any atom is -0.385 e. The van der Waals surface area contributed by atoms with Gasteiger partial charge in [0.2, 0.25) is 0 Å². The highest BCUT2D eigenvalue weighted by Crippen LogP contribution is 2.34. The van der Waals surface area contributed by atoms with Crippen molar-refractivity contribution in [3.8, 4) is 0 Å². The van der Waals surface area contributed by atoms with Gasteiger partial charge >= 0.3 is 0 Å². The highest BCUT2D eigenvalue weighted by atomic mass is 16.5. The van der Waals surface area contributed by atoms with Crippen molar-refractivity contribution in [2.75, 3.05) is 26.8 Å². The Morgan fingerprint density at radius 1 is 1.37 bits per heavy atom. The SMILES string of the molecule is CCCC1CNC2(CCCC2)CN1C(C)CCOC. The lowest BCUT2D eigenvalue weighted by Gasteiger charge is -2.49. The molecule has 0 aromatic rings. The summed E-state index contributed by atoms with van der Waals surface area (Å²) < 4.78 is 5.27. The highest BCUT2D eigenvalue weighted by Gasteiger charge is 2.41. The van der Waals surface area contributed by atoms with E-state index in [-0.39, 0.29) is 0 Å². The van der Waals surface area contributed by atoms with E-state index < -0.39 is 0 Å². The molecule has 19 heavy (non-hydrogen) atoms. The fraction of sp³-hybridized carbons (Fsp3) is 1.00. The van der Waals surface area contributed by atoms with Gasteiger partial charge in [0.15, 0.2) is 0 Å². The first-order chi connectivity index (χ1) is 9.21. The first kappa shape index (κ1) is 15.3. The molecule has 1 aliphatic carbocycles. The van der Waals surface area contributed by atoms with Crippen LogP contribution in [0.1, 0.15) is 58.8 Å². The van der Waals surface area contributed by atoms with Crippen LogP contribution in [0.4, 0.5) is 0 Å². The van der Waals surface area contributed by atoms with Crippen LogP contribution >= 0.6 is 0 Å². The summed E-state index contributed by atoms with van der Waals surface area (Å²) in [5.41, 5.74) is 0.436. The lowest BCUT2D eigenvalue weighted by Crippen LogP contribution is -2.64. The van der Waals surface area contributed by atoms with Crippen LogP contribution in [0.2, 0.25) is 0 Å². The number of nitrogens with zero attached hydrogens (tertiary/aromatic N) is 1. The highest BCUT2D eigenvalue weighted by molar-refractivity contribution is 5.01. The van der Waals surface area contributed by atoms with Gasteiger partial charge in [0.25, 0.3) is 0 Å². The standard InChI is InChI=1S/C16H32N2O/c1-4-7-15-12-17-16(9-5-6-10-16)13-18(15)14(2)8-11-19-3/h14-15,17H,4-13H2,1-3H3. The van der Waals surface area contributed by atoms with E-state index in [1.54, 1.807) is 0 Å². The molecule has 2 unspecified atom stereocenters. The van der Waals surface area contributed by atoms with E-state index in [0.717, 1.165) is 19.1 Å². The average molecular weight is 268 g/mol. The first-order valence-corrected chi connectivity index (χ1v) is 8.20. The zero-order chi connectivity index (χ0) is 13.7. The molecule has 2 atom stereocenters. The molecule has 0 amide bonds. The minimum atomic E-state index is 0.436. The predicted octanol–water partition coefficient (Wildman–Crippen LogP) is 2.80. The van der Waals surface area contributed by atoms with Crippen LogP contribution in [0, 0.1) is 0 Å². The Balaban J connectivity index is 1.99. The molecule has 112 valence electrons. The minimum absolute atomic E-state index is 0.436. The maximum Gasteiger partial charge on any atom is 0.0477 e. The molecular weight excluding hydrogens is 236 g/mol. The summed E-state index contributed by atoms with van der Waals surface area (Å²) in [5.74, 6) is 0. The van der Waals surface area contributed by atoms with Crippen LogP contribution in [0.15, 0.2) is 0 Å². The number of rotatable bonds is 6. The summed E-state index contributed by atoms with van der Waals surface area (Å²) in [5, 5.41) is 3.90. The number of methoxy groups -OCH3 is 1. The summed E-state index contributed by atoms with van der Waals surface area (Å²) in [6.07, 6.45) is 9.33. The van der Waals surface area contributed by atoms with E-state index in [1.165, 1.54) is 51.6 Å². The third kappa shape index (κ3) is 3.71. The fourth-order valence-electron chi connectivity index (χ4n) is 3.94. The van der Waals surface area contributed by atoms with Crippen LogP contribution in [0.5, 0.6) is 0 Å². The van der Waals surface area contributed by atoms with Crippen molar-refractivity contribution in [1.82, 2.24) is 10.2 Å². The zero-order valence-electron chi connectivity index (χ0n) is 13.1. The second-order valence-corrected chi connectivity index (χ2v) is 6.61. The maximum absolute atomic E-state index is 5.27. The van der Waals surface area contributed by atoms with Gasteiger partial charge in [-0.3, -0.25) is 4.90 Å². The van der Waals surface area contributed by atoms with Gasteiger partial charge in [-0.15, -0.1) is 0 Å². The molecule has 2 fully saturated rings. The normalized spacial score (nSPS) is 28.9. The van der Waals surface area contributed by atoms with E-state index in [2.05, 4.69) is 24.1 Å². The van der Waals surface area contributed by atoms with E-state index in [4.69, 9.17) is 4.74 Å². The van der Waals surface area contributed by atoms with Crippen LogP contribution in [-0.4, -0.2) is 49.3 Å². The van der Waals surface area contributed by atoms with Gasteiger partial charge in [0.1, 0.15) is 0 Å². The van der Waals surface area contributed by atoms with Gasteiger partial charge in [0.05, 0.1) is 0 Å². The maximum atomic E-state index is 5.27. The largest absolute Gasteiger partial charge is 0.385 e. The molecule has 1 saturated carbocycles. The van der Waals surface area contributed by atoms with Gasteiger partial charge < -0.3 is 10.1 Å². The number of piperazine rings is 1. The van der Waals surface area contributed by atoms with Crippen molar-refractivity contribution in [3.63, 3.8) is 0 Å². The van der Waals surface area contributed by atoms with Crippen molar-refractivity contribution in [2.24, 2.45) is 0 Å². The molecule has 1 heterocycles. The second kappa shape index (κ2) is 7.05. The van der Waals surface area contributed by atoms with Gasteiger partial charge in [0, 0.05) is 44.4 Å². The molecule has 0 aromatic heterocycles. The van der Waals surface area contributed by atoms with E-state index in [9.17, 15) is 0 Å². The van der Waals surface area contributed by atoms with Crippen molar-refractivity contribution < 1.29 is 4.74 Å². The quantitative estimate of drug-likeness (QED) is 0.801. The smallest absolute Gasteiger partial charge is 0.0477 e. The molecule has 0 bridgehead atoms. The van der Waals surface area contributed by atoms with Gasteiger partial charge in [-0.25, -0.2) is 0 Å². The monoisotopic (exact) mass is 268 g/mol. The Hall–Kier alpha value is -0.120. The summed E-state index contributed by atoms with van der Waals surface area (Å²) in [6.45, 7) is 8.01. The van der Waals surface area contributed by atoms with E-state index >= 15 is 0 Å². The lowest BCUT2D eigenvalue weighted by molar-refractivity contribution is 0.0318. The Kier molecular flexibility index (Phi) is 5.67. The van der Waals surface area contributed by atoms with Crippen molar-refractivity contribution in [1.29, 1.82) is 0 Å². The molecule has 2 aliphatic rings. The number of hydrogen-bond donors (Lipinski definition) is 1. The first-order valence-electron chi connectivity index (χ1n) is 8.20. The predicted molar refractivity (Wildman–Crippen MR) is 80.6 cm³/mol.